The maximum Gasteiger partial charge on any atom is 0.308 e. The lowest BCUT2D eigenvalue weighted by Crippen LogP contribution is -2.80. The van der Waals surface area contributed by atoms with Gasteiger partial charge in [0.25, 0.3) is 0 Å². The highest BCUT2D eigenvalue weighted by Crippen LogP contribution is 2.67. The van der Waals surface area contributed by atoms with E-state index in [1.165, 1.54) is 6.92 Å². The molecule has 1 aliphatic carbocycles. The molecule has 1 saturated heterocycles. The van der Waals surface area contributed by atoms with Gasteiger partial charge in [0.15, 0.2) is 5.60 Å². The Kier molecular flexibility index (Phi) is 5.91. The molecule has 1 N–H and O–H groups in total. The van der Waals surface area contributed by atoms with Crippen LogP contribution < -0.4 is 9.64 Å². The zero-order valence-electron chi connectivity index (χ0n) is 22.1. The molecule has 6 atom stereocenters. The number of benzene rings is 1. The molecule has 2 unspecified atom stereocenters. The first kappa shape index (κ1) is 25.1. The Hall–Kier alpha value is -2.58. The maximum absolute atomic E-state index is 12.8. The molecule has 2 fully saturated rings. The summed E-state index contributed by atoms with van der Waals surface area (Å²) >= 11 is 0. The van der Waals surface area contributed by atoms with Crippen molar-refractivity contribution in [2.24, 2.45) is 11.3 Å². The number of rotatable bonds is 6. The first-order valence-electron chi connectivity index (χ1n) is 13.0. The number of hydrogen-bond donors (Lipinski definition) is 1. The van der Waals surface area contributed by atoms with Crippen molar-refractivity contribution in [1.82, 2.24) is 4.90 Å². The van der Waals surface area contributed by atoms with Gasteiger partial charge in [0.2, 0.25) is 0 Å². The average Bonchev–Trinajstić information content (AvgIpc) is 3.36. The zero-order valence-corrected chi connectivity index (χ0v) is 22.1. The minimum Gasteiger partial charge on any atom is -0.497 e. The number of esters is 2. The molecule has 0 radical (unpaired) electrons. The number of nitrogens with zero attached hydrogens (tertiary/aromatic N) is 2. The lowest BCUT2D eigenvalue weighted by atomic mass is 9.48. The van der Waals surface area contributed by atoms with Crippen LogP contribution >= 0.6 is 0 Å². The van der Waals surface area contributed by atoms with Gasteiger partial charge in [0.05, 0.1) is 19.1 Å². The zero-order chi connectivity index (χ0) is 26.0. The predicted octanol–water partition coefficient (Wildman–Crippen LogP) is 2.67. The topological polar surface area (TPSA) is 88.5 Å². The third-order valence-corrected chi connectivity index (χ3v) is 9.13. The third-order valence-electron chi connectivity index (χ3n) is 9.13. The fourth-order valence-electron chi connectivity index (χ4n) is 7.96. The first-order valence-corrected chi connectivity index (χ1v) is 13.0. The highest BCUT2D eigenvalue weighted by atomic mass is 16.6. The number of anilines is 1. The minimum absolute atomic E-state index is 0.00696. The molecule has 1 aromatic carbocycles. The van der Waals surface area contributed by atoms with Crippen LogP contribution in [0.1, 0.15) is 46.1 Å². The van der Waals surface area contributed by atoms with Crippen LogP contribution in [0, 0.1) is 11.3 Å². The SMILES string of the molecule is CC[C@]12C=CCN3CC[C@@]4(c5ccc(OC)cc5N(C)[C@H]4C(O)(COC(=O)C(C)C)[C@@H]1OC(C)=O)C32. The van der Waals surface area contributed by atoms with Crippen molar-refractivity contribution in [2.75, 3.05) is 38.8 Å². The molecule has 0 amide bonds. The van der Waals surface area contributed by atoms with Crippen molar-refractivity contribution >= 4 is 17.6 Å². The molecule has 5 rings (SSSR count). The minimum atomic E-state index is -1.65. The molecule has 3 heterocycles. The van der Waals surface area contributed by atoms with E-state index in [0.29, 0.717) is 6.42 Å². The largest absolute Gasteiger partial charge is 0.497 e. The van der Waals surface area contributed by atoms with E-state index in [0.717, 1.165) is 36.5 Å². The quantitative estimate of drug-likeness (QED) is 0.473. The third kappa shape index (κ3) is 3.13. The molecule has 3 aliphatic heterocycles. The summed E-state index contributed by atoms with van der Waals surface area (Å²) in [5.41, 5.74) is -0.615. The molecular formula is C28H38N2O6. The van der Waals surface area contributed by atoms with Crippen LogP contribution in [-0.2, 0) is 24.5 Å². The van der Waals surface area contributed by atoms with Crippen LogP contribution in [0.4, 0.5) is 5.69 Å². The summed E-state index contributed by atoms with van der Waals surface area (Å²) in [5.74, 6) is -0.455. The van der Waals surface area contributed by atoms with Crippen LogP contribution in [0.3, 0.4) is 0 Å². The number of methoxy groups -OCH3 is 1. The van der Waals surface area contributed by atoms with Gasteiger partial charge in [-0.05, 0) is 31.0 Å². The smallest absolute Gasteiger partial charge is 0.308 e. The van der Waals surface area contributed by atoms with Crippen molar-refractivity contribution in [1.29, 1.82) is 0 Å². The number of hydrogen-bond acceptors (Lipinski definition) is 8. The van der Waals surface area contributed by atoms with E-state index in [1.54, 1.807) is 21.0 Å². The summed E-state index contributed by atoms with van der Waals surface area (Å²) in [7, 11) is 3.61. The van der Waals surface area contributed by atoms with Gasteiger partial charge in [0, 0.05) is 49.1 Å². The van der Waals surface area contributed by atoms with Gasteiger partial charge >= 0.3 is 11.9 Å². The Morgan fingerprint density at radius 1 is 1.25 bits per heavy atom. The lowest BCUT2D eigenvalue weighted by molar-refractivity contribution is -0.233. The lowest BCUT2D eigenvalue weighted by Gasteiger charge is -2.64. The van der Waals surface area contributed by atoms with Crippen LogP contribution in [0.15, 0.2) is 30.4 Å². The second kappa shape index (κ2) is 8.48. The Bertz CT molecular complexity index is 1100. The molecular weight excluding hydrogens is 460 g/mol. The molecule has 1 spiro atoms. The number of aliphatic hydroxyl groups is 1. The summed E-state index contributed by atoms with van der Waals surface area (Å²) in [6.45, 7) is 8.42. The van der Waals surface area contributed by atoms with Crippen LogP contribution in [-0.4, -0.2) is 79.6 Å². The van der Waals surface area contributed by atoms with E-state index in [4.69, 9.17) is 14.2 Å². The molecule has 0 bridgehead atoms. The van der Waals surface area contributed by atoms with E-state index >= 15 is 0 Å². The monoisotopic (exact) mass is 498 g/mol. The molecule has 8 nitrogen and oxygen atoms in total. The number of carbonyl (C=O) groups is 2. The van der Waals surface area contributed by atoms with Gasteiger partial charge in [-0.15, -0.1) is 0 Å². The second-order valence-electron chi connectivity index (χ2n) is 11.2. The van der Waals surface area contributed by atoms with E-state index in [2.05, 4.69) is 34.9 Å². The van der Waals surface area contributed by atoms with Crippen molar-refractivity contribution in [3.05, 3.63) is 35.9 Å². The van der Waals surface area contributed by atoms with Gasteiger partial charge < -0.3 is 24.2 Å². The molecule has 196 valence electrons. The van der Waals surface area contributed by atoms with Gasteiger partial charge in [-0.2, -0.15) is 0 Å². The van der Waals surface area contributed by atoms with Gasteiger partial charge in [-0.25, -0.2) is 0 Å². The van der Waals surface area contributed by atoms with Crippen LogP contribution in [0.5, 0.6) is 5.75 Å². The summed E-state index contributed by atoms with van der Waals surface area (Å²) in [6, 6.07) is 5.65. The summed E-state index contributed by atoms with van der Waals surface area (Å²) in [6.07, 6.45) is 4.88. The van der Waals surface area contributed by atoms with Crippen LogP contribution in [0.2, 0.25) is 0 Å². The Balaban J connectivity index is 1.77. The maximum atomic E-state index is 12.8. The second-order valence-corrected chi connectivity index (χ2v) is 11.2. The Morgan fingerprint density at radius 2 is 2.00 bits per heavy atom. The number of ether oxygens (including phenoxy) is 3. The van der Waals surface area contributed by atoms with E-state index in [-0.39, 0.29) is 18.6 Å². The number of likely N-dealkylation sites (N-methyl/N-ethyl adjacent to an activating group) is 1. The van der Waals surface area contributed by atoms with Gasteiger partial charge in [-0.1, -0.05) is 39.0 Å². The highest BCUT2D eigenvalue weighted by molar-refractivity contribution is 5.73. The van der Waals surface area contributed by atoms with Crippen molar-refractivity contribution in [3.63, 3.8) is 0 Å². The summed E-state index contributed by atoms with van der Waals surface area (Å²) in [5, 5.41) is 12.8. The van der Waals surface area contributed by atoms with E-state index in [1.807, 2.05) is 19.2 Å². The molecule has 1 aromatic rings. The standard InChI is InChI=1S/C28H38N2O6/c1-7-26-11-8-13-30-14-12-27(23(26)30)20-10-9-19(34-6)15-21(20)29(5)24(27)28(33,25(26)36-18(4)31)16-35-22(32)17(2)3/h8-11,15,17,23-25,33H,7,12-14,16H2,1-6H3/t23?,24-,25-,26-,27-,28?/m1/s1. The molecule has 4 aliphatic rings. The number of carbonyl (C=O) groups excluding carboxylic acids is 2. The van der Waals surface area contributed by atoms with Crippen LogP contribution in [0.25, 0.3) is 0 Å². The Morgan fingerprint density at radius 3 is 2.64 bits per heavy atom. The highest BCUT2D eigenvalue weighted by Gasteiger charge is 2.78. The molecule has 8 heteroatoms. The average molecular weight is 499 g/mol. The number of fused-ring (bicyclic) bond motifs is 1. The molecule has 0 aromatic heterocycles. The summed E-state index contributed by atoms with van der Waals surface area (Å²) < 4.78 is 17.4. The van der Waals surface area contributed by atoms with Crippen molar-refractivity contribution < 1.29 is 28.9 Å². The predicted molar refractivity (Wildman–Crippen MR) is 135 cm³/mol. The van der Waals surface area contributed by atoms with Crippen molar-refractivity contribution in [3.8, 4) is 5.75 Å². The first-order chi connectivity index (χ1) is 17.1. The van der Waals surface area contributed by atoms with E-state index < -0.39 is 40.5 Å². The molecule has 36 heavy (non-hydrogen) atoms. The van der Waals surface area contributed by atoms with Crippen molar-refractivity contribution in [2.45, 2.75) is 69.7 Å². The van der Waals surface area contributed by atoms with E-state index in [9.17, 15) is 14.7 Å². The van der Waals surface area contributed by atoms with Gasteiger partial charge in [-0.3, -0.25) is 14.5 Å². The fourth-order valence-corrected chi connectivity index (χ4v) is 7.96. The normalized spacial score (nSPS) is 36.3. The summed E-state index contributed by atoms with van der Waals surface area (Å²) in [4.78, 5) is 29.7. The Labute approximate surface area is 213 Å². The fraction of sp³-hybridized carbons (Fsp3) is 0.643. The van der Waals surface area contributed by atoms with Gasteiger partial charge in [0.1, 0.15) is 18.5 Å². The molecule has 1 saturated carbocycles.